The van der Waals surface area contributed by atoms with Gasteiger partial charge in [-0.2, -0.15) is 22.0 Å². The second-order valence-corrected chi connectivity index (χ2v) is 8.43. The van der Waals surface area contributed by atoms with Crippen molar-refractivity contribution in [2.24, 2.45) is 5.92 Å². The van der Waals surface area contributed by atoms with E-state index in [-0.39, 0.29) is 28.4 Å². The zero-order chi connectivity index (χ0) is 23.8. The number of carbonyl (C=O) groups is 1. The van der Waals surface area contributed by atoms with Gasteiger partial charge in [-0.25, -0.2) is 4.98 Å². The molecule has 1 saturated heterocycles. The normalized spacial score (nSPS) is 17.3. The van der Waals surface area contributed by atoms with Gasteiger partial charge in [0, 0.05) is 31.7 Å². The fourth-order valence-corrected chi connectivity index (χ4v) is 4.69. The summed E-state index contributed by atoms with van der Waals surface area (Å²) in [4.78, 5) is 20.5. The first kappa shape index (κ1) is 23.5. The molecule has 1 aromatic carbocycles. The van der Waals surface area contributed by atoms with Crippen LogP contribution in [-0.2, 0) is 17.4 Å². The number of anilines is 2. The van der Waals surface area contributed by atoms with Gasteiger partial charge < -0.3 is 14.5 Å². The van der Waals surface area contributed by atoms with E-state index in [1.807, 2.05) is 0 Å². The summed E-state index contributed by atoms with van der Waals surface area (Å²) in [5.74, 6) is -0.312. The highest BCUT2D eigenvalue weighted by molar-refractivity contribution is 6.33. The largest absolute Gasteiger partial charge is 0.433 e. The number of carbonyl (C=O) groups excluding carboxylic acids is 1. The van der Waals surface area contributed by atoms with Crippen LogP contribution in [0.15, 0.2) is 30.5 Å². The molecule has 2 aliphatic rings. The van der Waals surface area contributed by atoms with Crippen molar-refractivity contribution in [3.63, 3.8) is 0 Å². The number of para-hydroxylation sites is 1. The maximum atomic E-state index is 13.3. The number of hydrogen-bond donors (Lipinski definition) is 0. The molecule has 11 heteroatoms. The number of pyridine rings is 1. The minimum atomic E-state index is -4.54. The summed E-state index contributed by atoms with van der Waals surface area (Å²) in [7, 11) is 0. The van der Waals surface area contributed by atoms with Crippen LogP contribution < -0.4 is 14.5 Å². The van der Waals surface area contributed by atoms with Crippen LogP contribution in [0.2, 0.25) is 5.02 Å². The number of ether oxygens (including phenoxy) is 1. The van der Waals surface area contributed by atoms with E-state index >= 15 is 0 Å². The number of nitrogens with zero attached hydrogens (tertiary/aromatic N) is 3. The number of benzene rings is 1. The Morgan fingerprint density at radius 1 is 1.18 bits per heavy atom. The van der Waals surface area contributed by atoms with Gasteiger partial charge in [-0.05, 0) is 43.4 Å². The van der Waals surface area contributed by atoms with Gasteiger partial charge in [0.1, 0.15) is 11.6 Å². The Morgan fingerprint density at radius 2 is 1.91 bits per heavy atom. The molecule has 0 bridgehead atoms. The highest BCUT2D eigenvalue weighted by Gasteiger charge is 2.35. The van der Waals surface area contributed by atoms with Gasteiger partial charge in [0.2, 0.25) is 5.91 Å². The Kier molecular flexibility index (Phi) is 6.65. The number of piperidine rings is 1. The first-order chi connectivity index (χ1) is 15.6. The minimum Gasteiger partial charge on any atom is -0.433 e. The SMILES string of the molecule is O=C(C1CCN(c2ncc(C(F)(F)F)cc2Cl)CC1)N1CCCc2cccc(OC(F)F)c21. The van der Waals surface area contributed by atoms with Crippen molar-refractivity contribution in [2.75, 3.05) is 29.4 Å². The smallest absolute Gasteiger partial charge is 0.417 e. The average molecular weight is 490 g/mol. The van der Waals surface area contributed by atoms with Gasteiger partial charge in [-0.15, -0.1) is 0 Å². The van der Waals surface area contributed by atoms with Crippen molar-refractivity contribution in [1.82, 2.24) is 4.98 Å². The third-order valence-corrected chi connectivity index (χ3v) is 6.23. The van der Waals surface area contributed by atoms with Crippen LogP contribution in [0.5, 0.6) is 5.75 Å². The van der Waals surface area contributed by atoms with Crippen LogP contribution >= 0.6 is 11.6 Å². The molecule has 1 aromatic heterocycles. The zero-order valence-corrected chi connectivity index (χ0v) is 18.2. The number of rotatable bonds is 4. The highest BCUT2D eigenvalue weighted by atomic mass is 35.5. The molecule has 0 radical (unpaired) electrons. The fraction of sp³-hybridized carbons (Fsp3) is 0.455. The molecule has 3 heterocycles. The van der Waals surface area contributed by atoms with Crippen molar-refractivity contribution < 1.29 is 31.5 Å². The van der Waals surface area contributed by atoms with Crippen LogP contribution in [0.1, 0.15) is 30.4 Å². The molecule has 0 spiro atoms. The molecular formula is C22H21ClF5N3O2. The number of aryl methyl sites for hydroxylation is 1. The molecule has 1 amide bonds. The summed E-state index contributed by atoms with van der Waals surface area (Å²) in [6.45, 7) is -1.84. The van der Waals surface area contributed by atoms with Crippen molar-refractivity contribution >= 4 is 29.0 Å². The van der Waals surface area contributed by atoms with Crippen molar-refractivity contribution in [2.45, 2.75) is 38.5 Å². The van der Waals surface area contributed by atoms with Gasteiger partial charge in [-0.1, -0.05) is 23.7 Å². The highest BCUT2D eigenvalue weighted by Crippen LogP contribution is 2.39. The first-order valence-electron chi connectivity index (χ1n) is 10.5. The van der Waals surface area contributed by atoms with E-state index in [9.17, 15) is 26.7 Å². The number of amides is 1. The van der Waals surface area contributed by atoms with Crippen LogP contribution in [-0.4, -0.2) is 37.1 Å². The Bertz CT molecular complexity index is 1030. The Morgan fingerprint density at radius 3 is 2.55 bits per heavy atom. The summed E-state index contributed by atoms with van der Waals surface area (Å²) in [5.41, 5.74) is 0.252. The molecule has 2 aromatic rings. The predicted molar refractivity (Wildman–Crippen MR) is 113 cm³/mol. The number of fused-ring (bicyclic) bond motifs is 1. The molecule has 0 unspecified atom stereocenters. The van der Waals surface area contributed by atoms with Crippen LogP contribution in [0.25, 0.3) is 0 Å². The van der Waals surface area contributed by atoms with Gasteiger partial charge in [0.25, 0.3) is 0 Å². The summed E-state index contributed by atoms with van der Waals surface area (Å²) in [5, 5.41) is -0.103. The topological polar surface area (TPSA) is 45.7 Å². The van der Waals surface area contributed by atoms with E-state index in [4.69, 9.17) is 11.6 Å². The van der Waals surface area contributed by atoms with E-state index < -0.39 is 18.4 Å². The summed E-state index contributed by atoms with van der Waals surface area (Å²) in [6.07, 6.45) is -1.56. The Balaban J connectivity index is 1.47. The van der Waals surface area contributed by atoms with Crippen LogP contribution in [0, 0.1) is 5.92 Å². The maximum Gasteiger partial charge on any atom is 0.417 e. The van der Waals surface area contributed by atoms with Crippen molar-refractivity contribution in [3.8, 4) is 5.75 Å². The monoisotopic (exact) mass is 489 g/mol. The van der Waals surface area contributed by atoms with Crippen LogP contribution in [0.3, 0.4) is 0 Å². The van der Waals surface area contributed by atoms with Gasteiger partial charge in [0.05, 0.1) is 16.3 Å². The Labute approximate surface area is 192 Å². The molecule has 1 fully saturated rings. The van der Waals surface area contributed by atoms with Gasteiger partial charge in [0.15, 0.2) is 0 Å². The van der Waals surface area contributed by atoms with Crippen LogP contribution in [0.4, 0.5) is 33.5 Å². The number of hydrogen-bond acceptors (Lipinski definition) is 4. The second kappa shape index (κ2) is 9.32. The number of halogens is 6. The van der Waals surface area contributed by atoms with E-state index in [0.717, 1.165) is 17.8 Å². The second-order valence-electron chi connectivity index (χ2n) is 8.02. The molecule has 5 nitrogen and oxygen atoms in total. The molecule has 0 aliphatic carbocycles. The quantitative estimate of drug-likeness (QED) is 0.528. The summed E-state index contributed by atoms with van der Waals surface area (Å²) in [6, 6.07) is 5.70. The molecule has 33 heavy (non-hydrogen) atoms. The van der Waals surface area contributed by atoms with Crippen molar-refractivity contribution in [3.05, 3.63) is 46.6 Å². The third-order valence-electron chi connectivity index (χ3n) is 5.96. The molecule has 0 atom stereocenters. The lowest BCUT2D eigenvalue weighted by Gasteiger charge is -2.37. The lowest BCUT2D eigenvalue weighted by Crippen LogP contribution is -2.45. The minimum absolute atomic E-state index is 0.0197. The van der Waals surface area contributed by atoms with E-state index in [1.165, 1.54) is 11.0 Å². The van der Waals surface area contributed by atoms with Gasteiger partial charge >= 0.3 is 12.8 Å². The summed E-state index contributed by atoms with van der Waals surface area (Å²) < 4.78 is 69.0. The maximum absolute atomic E-state index is 13.3. The Hall–Kier alpha value is -2.62. The molecule has 0 N–H and O–H groups in total. The first-order valence-corrected chi connectivity index (χ1v) is 10.9. The molecule has 2 aliphatic heterocycles. The van der Waals surface area contributed by atoms with E-state index in [1.54, 1.807) is 17.0 Å². The van der Waals surface area contributed by atoms with E-state index in [0.29, 0.717) is 51.0 Å². The number of aromatic nitrogens is 1. The van der Waals surface area contributed by atoms with Crippen molar-refractivity contribution in [1.29, 1.82) is 0 Å². The van der Waals surface area contributed by atoms with E-state index in [2.05, 4.69) is 9.72 Å². The zero-order valence-electron chi connectivity index (χ0n) is 17.4. The number of alkyl halides is 5. The third kappa shape index (κ3) is 5.00. The predicted octanol–water partition coefficient (Wildman–Crippen LogP) is 5.55. The lowest BCUT2D eigenvalue weighted by atomic mass is 9.92. The van der Waals surface area contributed by atoms with Gasteiger partial charge in [-0.3, -0.25) is 4.79 Å². The standard InChI is InChI=1S/C22H21ClF5N3O2/c23-16-11-15(22(26,27)28)12-29-19(16)30-9-6-14(7-10-30)20(32)31-8-2-4-13-3-1-5-17(18(13)31)33-21(24)25/h1,3,5,11-12,14,21H,2,4,6-10H2. The lowest BCUT2D eigenvalue weighted by molar-refractivity contribution is -0.137. The molecule has 4 rings (SSSR count). The molecular weight excluding hydrogens is 469 g/mol. The molecule has 0 saturated carbocycles. The average Bonchev–Trinajstić information content (AvgIpc) is 2.77. The molecule has 178 valence electrons. The fourth-order valence-electron chi connectivity index (χ4n) is 4.40. The summed E-state index contributed by atoms with van der Waals surface area (Å²) >= 11 is 6.05.